The van der Waals surface area contributed by atoms with E-state index in [-0.39, 0.29) is 24.1 Å². The van der Waals surface area contributed by atoms with Crippen LogP contribution in [0, 0.1) is 33.8 Å². The molecule has 3 aliphatic carbocycles. The van der Waals surface area contributed by atoms with Crippen LogP contribution in [0.2, 0.25) is 0 Å². The number of nitrogens with zero attached hydrogens (tertiary/aromatic N) is 2. The summed E-state index contributed by atoms with van der Waals surface area (Å²) in [7, 11) is 0. The number of primary amides is 1. The number of fused-ring (bicyclic) bond motifs is 3. The van der Waals surface area contributed by atoms with Crippen LogP contribution in [0.25, 0.3) is 11.3 Å². The number of carbonyl (C=O) groups excluding carboxylic acids is 5. The van der Waals surface area contributed by atoms with Crippen molar-refractivity contribution in [1.29, 1.82) is 0 Å². The van der Waals surface area contributed by atoms with E-state index in [1.165, 1.54) is 29.5 Å². The Morgan fingerprint density at radius 1 is 1.14 bits per heavy atom. The molecule has 2 saturated carbocycles. The van der Waals surface area contributed by atoms with Crippen LogP contribution in [0.4, 0.5) is 16.5 Å². The van der Waals surface area contributed by atoms with Gasteiger partial charge in [0.25, 0.3) is 5.69 Å². The van der Waals surface area contributed by atoms with Gasteiger partial charge in [0, 0.05) is 41.1 Å². The summed E-state index contributed by atoms with van der Waals surface area (Å²) in [6.45, 7) is 0. The number of aromatic nitrogens is 1. The molecule has 13 nitrogen and oxygen atoms in total. The first-order chi connectivity index (χ1) is 19.9. The lowest BCUT2D eigenvalue weighted by molar-refractivity contribution is -0.384. The van der Waals surface area contributed by atoms with Gasteiger partial charge in [0.05, 0.1) is 22.1 Å². The largest absolute Gasteiger partial charge is 0.507 e. The van der Waals surface area contributed by atoms with Gasteiger partial charge in [-0.15, -0.1) is 11.3 Å². The molecule has 1 heterocycles. The zero-order valence-electron chi connectivity index (χ0n) is 21.6. The van der Waals surface area contributed by atoms with Gasteiger partial charge >= 0.3 is 0 Å². The maximum atomic E-state index is 13.7. The van der Waals surface area contributed by atoms with E-state index >= 15 is 0 Å². The van der Waals surface area contributed by atoms with Crippen LogP contribution in [0.5, 0.6) is 5.75 Å². The number of ketones is 4. The van der Waals surface area contributed by atoms with E-state index in [0.717, 1.165) is 0 Å². The summed E-state index contributed by atoms with van der Waals surface area (Å²) in [6, 6.07) is 8.81. The number of aromatic hydroxyl groups is 1. The van der Waals surface area contributed by atoms with Crippen LogP contribution in [-0.2, 0) is 25.6 Å². The van der Waals surface area contributed by atoms with Crippen molar-refractivity contribution in [2.45, 2.75) is 24.9 Å². The molecule has 5 N–H and O–H groups in total. The molecule has 3 aromatic rings. The molecule has 3 aliphatic rings. The molecule has 1 amide bonds. The number of carbonyl (C=O) groups is 5. The first kappa shape index (κ1) is 27.4. The molecule has 0 radical (unpaired) electrons. The maximum absolute atomic E-state index is 13.7. The number of anilines is 2. The van der Waals surface area contributed by atoms with Crippen molar-refractivity contribution in [3.05, 3.63) is 63.0 Å². The monoisotopic (exact) mass is 590 g/mol. The van der Waals surface area contributed by atoms with Crippen LogP contribution in [0.1, 0.15) is 28.8 Å². The molecule has 0 bridgehead atoms. The number of thiazole rings is 1. The van der Waals surface area contributed by atoms with Gasteiger partial charge in [0.15, 0.2) is 39.8 Å². The van der Waals surface area contributed by atoms with E-state index in [1.807, 2.05) is 0 Å². The molecular weight excluding hydrogens is 568 g/mol. The first-order valence-electron chi connectivity index (χ1n) is 12.9. The summed E-state index contributed by atoms with van der Waals surface area (Å²) in [5, 5.41) is 38.3. The lowest BCUT2D eigenvalue weighted by atomic mass is 9.54. The molecule has 0 spiro atoms. The molecule has 2 fully saturated rings. The fraction of sp³-hybridized carbons (Fsp3) is 0.286. The summed E-state index contributed by atoms with van der Waals surface area (Å²) in [4.78, 5) is 79.8. The van der Waals surface area contributed by atoms with Gasteiger partial charge in [-0.3, -0.25) is 34.1 Å². The summed E-state index contributed by atoms with van der Waals surface area (Å²) in [6.07, 6.45) is -0.341. The lowest BCUT2D eigenvalue weighted by Crippen LogP contribution is -2.68. The number of Topliss-reactive ketones (excluding diaryl/α,β-unsaturated/α-hetero) is 4. The number of nitro benzene ring substituents is 1. The second-order valence-corrected chi connectivity index (χ2v) is 11.6. The predicted octanol–water partition coefficient (Wildman–Crippen LogP) is 2.10. The molecule has 6 rings (SSSR count). The standard InChI is InChI=1S/C28H22N4O9S/c29-26(38)22-19(34)9-13-6-12-8-15-16(30-27-31-17(10-42-27)11-2-1-3-14(7-11)32(40)41)4-5-18(33)21(15)23(35)20(12)24(36)28(13,39)25(22)37/h1-5,7,10,12-13,20,22,33,39H,6,8-9H2,(H2,29,38)(H,30,31)/t12-,13+,20?,22?,28+/m1/s1. The smallest absolute Gasteiger partial charge is 0.270 e. The van der Waals surface area contributed by atoms with Crippen molar-refractivity contribution in [3.63, 3.8) is 0 Å². The second-order valence-electron chi connectivity index (χ2n) is 10.7. The number of nitrogens with two attached hydrogens (primary N) is 1. The Balaban J connectivity index is 1.33. The average molecular weight is 591 g/mol. The minimum Gasteiger partial charge on any atom is -0.507 e. The van der Waals surface area contributed by atoms with E-state index in [1.54, 1.807) is 23.6 Å². The highest BCUT2D eigenvalue weighted by atomic mass is 32.1. The Hall–Kier alpha value is -4.82. The summed E-state index contributed by atoms with van der Waals surface area (Å²) < 4.78 is 0. The Morgan fingerprint density at radius 3 is 2.62 bits per heavy atom. The van der Waals surface area contributed by atoms with Gasteiger partial charge in [-0.05, 0) is 36.5 Å². The van der Waals surface area contributed by atoms with Gasteiger partial charge in [-0.2, -0.15) is 0 Å². The van der Waals surface area contributed by atoms with Crippen LogP contribution < -0.4 is 11.1 Å². The normalized spacial score (nSPS) is 26.7. The molecule has 5 atom stereocenters. The van der Waals surface area contributed by atoms with Crippen molar-refractivity contribution in [1.82, 2.24) is 4.98 Å². The highest BCUT2D eigenvalue weighted by molar-refractivity contribution is 7.14. The molecule has 42 heavy (non-hydrogen) atoms. The van der Waals surface area contributed by atoms with Crippen LogP contribution in [0.3, 0.4) is 0 Å². The van der Waals surface area contributed by atoms with Crippen molar-refractivity contribution in [2.75, 3.05) is 5.32 Å². The highest BCUT2D eigenvalue weighted by Gasteiger charge is 2.66. The SMILES string of the molecule is NC(=O)C1C(=O)C[C@@H]2C[C@@H]3Cc4c(Nc5nc(-c6cccc([N+](=O)[O-])c6)cs5)ccc(O)c4C(=O)C3C(=O)[C@]2(O)C1=O. The van der Waals surface area contributed by atoms with Gasteiger partial charge in [0.2, 0.25) is 5.91 Å². The highest BCUT2D eigenvalue weighted by Crippen LogP contribution is 2.51. The quantitative estimate of drug-likeness (QED) is 0.146. The molecule has 2 aromatic carbocycles. The summed E-state index contributed by atoms with van der Waals surface area (Å²) in [5.41, 5.74) is 4.10. The number of rotatable bonds is 5. The zero-order valence-corrected chi connectivity index (χ0v) is 22.4. The van der Waals surface area contributed by atoms with Gasteiger partial charge < -0.3 is 21.3 Å². The number of non-ortho nitro benzene ring substituents is 1. The minimum atomic E-state index is -2.71. The maximum Gasteiger partial charge on any atom is 0.270 e. The fourth-order valence-electron chi connectivity index (χ4n) is 6.44. The zero-order chi connectivity index (χ0) is 30.1. The van der Waals surface area contributed by atoms with Crippen LogP contribution >= 0.6 is 11.3 Å². The number of aliphatic hydroxyl groups is 1. The third-order valence-electron chi connectivity index (χ3n) is 8.38. The van der Waals surface area contributed by atoms with Crippen molar-refractivity contribution < 1.29 is 39.1 Å². The van der Waals surface area contributed by atoms with E-state index in [4.69, 9.17) is 5.73 Å². The molecule has 14 heteroatoms. The molecule has 2 unspecified atom stereocenters. The Kier molecular flexibility index (Phi) is 6.27. The number of nitrogens with one attached hydrogen (secondary N) is 1. The predicted molar refractivity (Wildman–Crippen MR) is 146 cm³/mol. The molecule has 0 saturated heterocycles. The Bertz CT molecular complexity index is 1750. The van der Waals surface area contributed by atoms with Crippen molar-refractivity contribution in [2.24, 2.45) is 29.4 Å². The number of phenols is 1. The van der Waals surface area contributed by atoms with Crippen molar-refractivity contribution >= 4 is 56.9 Å². The Labute approximate surface area is 240 Å². The van der Waals surface area contributed by atoms with E-state index in [2.05, 4.69) is 10.3 Å². The summed E-state index contributed by atoms with van der Waals surface area (Å²) in [5.74, 6) is -10.9. The van der Waals surface area contributed by atoms with E-state index in [9.17, 15) is 44.3 Å². The van der Waals surface area contributed by atoms with E-state index in [0.29, 0.717) is 27.6 Å². The molecule has 0 aliphatic heterocycles. The van der Waals surface area contributed by atoms with Gasteiger partial charge in [-0.1, -0.05) is 12.1 Å². The minimum absolute atomic E-state index is 0.0235. The number of nitro groups is 1. The fourth-order valence-corrected chi connectivity index (χ4v) is 7.17. The molecule has 1 aromatic heterocycles. The first-order valence-corrected chi connectivity index (χ1v) is 13.8. The third kappa shape index (κ3) is 4.01. The second kappa shape index (κ2) is 9.63. The van der Waals surface area contributed by atoms with Gasteiger partial charge in [-0.25, -0.2) is 4.98 Å². The van der Waals surface area contributed by atoms with E-state index < -0.39 is 75.4 Å². The summed E-state index contributed by atoms with van der Waals surface area (Å²) >= 11 is 1.21. The molecule has 214 valence electrons. The number of hydrogen-bond acceptors (Lipinski definition) is 12. The number of amides is 1. The third-order valence-corrected chi connectivity index (χ3v) is 9.14. The number of benzene rings is 2. The number of hydrogen-bond donors (Lipinski definition) is 4. The average Bonchev–Trinajstić information content (AvgIpc) is 3.41. The van der Waals surface area contributed by atoms with Crippen molar-refractivity contribution in [3.8, 4) is 17.0 Å². The van der Waals surface area contributed by atoms with Gasteiger partial charge in [0.1, 0.15) is 5.75 Å². The topological polar surface area (TPSA) is 220 Å². The number of phenolic OH excluding ortho intramolecular Hbond substituents is 1. The molecular formula is C28H22N4O9S. The van der Waals surface area contributed by atoms with Crippen LogP contribution in [-0.4, -0.2) is 54.8 Å². The van der Waals surface area contributed by atoms with Crippen LogP contribution in [0.15, 0.2) is 41.8 Å². The Morgan fingerprint density at radius 2 is 1.90 bits per heavy atom. The lowest BCUT2D eigenvalue weighted by Gasteiger charge is -2.48.